The maximum absolute atomic E-state index is 10.8. The van der Waals surface area contributed by atoms with E-state index in [-0.39, 0.29) is 0 Å². The van der Waals surface area contributed by atoms with Crippen LogP contribution in [-0.2, 0) is 4.79 Å². The average Bonchev–Trinajstić information content (AvgIpc) is 2.56. The Bertz CT molecular complexity index is 327. The van der Waals surface area contributed by atoms with Gasteiger partial charge in [-0.15, -0.1) is 11.3 Å². The molecule has 0 bridgehead atoms. The summed E-state index contributed by atoms with van der Waals surface area (Å²) in [5, 5.41) is 11.5. The quantitative estimate of drug-likeness (QED) is 0.757. The van der Waals surface area contributed by atoms with Crippen molar-refractivity contribution < 1.29 is 9.90 Å². The number of aromatic nitrogens is 1. The van der Waals surface area contributed by atoms with Gasteiger partial charge in [-0.25, -0.2) is 9.78 Å². The summed E-state index contributed by atoms with van der Waals surface area (Å²) in [6, 6.07) is 0. The van der Waals surface area contributed by atoms with Gasteiger partial charge in [-0.1, -0.05) is 6.92 Å². The average molecular weight is 197 g/mol. The first-order valence-electron chi connectivity index (χ1n) is 3.99. The highest BCUT2D eigenvalue weighted by atomic mass is 32.1. The lowest BCUT2D eigenvalue weighted by Crippen LogP contribution is -2.01. The summed E-state index contributed by atoms with van der Waals surface area (Å²) < 4.78 is 0. The SMILES string of the molecule is CC/C(C(=O)O)=C(\C)c1nccs1. The maximum atomic E-state index is 10.8. The fraction of sp³-hybridized carbons (Fsp3) is 0.333. The molecule has 0 aliphatic carbocycles. The van der Waals surface area contributed by atoms with Crippen LogP contribution in [0, 0.1) is 0 Å². The normalized spacial score (nSPS) is 12.5. The van der Waals surface area contributed by atoms with Crippen molar-refractivity contribution in [3.8, 4) is 0 Å². The summed E-state index contributed by atoms with van der Waals surface area (Å²) in [6.07, 6.45) is 2.21. The van der Waals surface area contributed by atoms with Crippen LogP contribution < -0.4 is 0 Å². The molecule has 0 unspecified atom stereocenters. The molecular weight excluding hydrogens is 186 g/mol. The van der Waals surface area contributed by atoms with Gasteiger partial charge in [-0.3, -0.25) is 0 Å². The Morgan fingerprint density at radius 2 is 2.38 bits per heavy atom. The number of allylic oxidation sites excluding steroid dienone is 1. The predicted molar refractivity (Wildman–Crippen MR) is 52.6 cm³/mol. The minimum Gasteiger partial charge on any atom is -0.478 e. The van der Waals surface area contributed by atoms with Gasteiger partial charge in [-0.05, 0) is 18.9 Å². The van der Waals surface area contributed by atoms with E-state index in [1.54, 1.807) is 13.1 Å². The Morgan fingerprint density at radius 1 is 1.69 bits per heavy atom. The van der Waals surface area contributed by atoms with Crippen LogP contribution in [-0.4, -0.2) is 16.1 Å². The lowest BCUT2D eigenvalue weighted by atomic mass is 10.1. The molecule has 3 nitrogen and oxygen atoms in total. The second-order valence-corrected chi connectivity index (χ2v) is 3.49. The Kier molecular flexibility index (Phi) is 3.19. The summed E-state index contributed by atoms with van der Waals surface area (Å²) in [5.74, 6) is -0.852. The lowest BCUT2D eigenvalue weighted by molar-refractivity contribution is -0.132. The lowest BCUT2D eigenvalue weighted by Gasteiger charge is -2.02. The number of carbonyl (C=O) groups is 1. The van der Waals surface area contributed by atoms with Crippen LogP contribution in [0.2, 0.25) is 0 Å². The van der Waals surface area contributed by atoms with E-state index in [0.717, 1.165) is 10.6 Å². The molecule has 0 aliphatic heterocycles. The second kappa shape index (κ2) is 4.18. The van der Waals surface area contributed by atoms with Crippen molar-refractivity contribution in [3.63, 3.8) is 0 Å². The second-order valence-electron chi connectivity index (χ2n) is 2.60. The van der Waals surface area contributed by atoms with Crippen LogP contribution in [0.15, 0.2) is 17.2 Å². The number of carboxylic acids is 1. The van der Waals surface area contributed by atoms with E-state index < -0.39 is 5.97 Å². The third kappa shape index (κ3) is 2.15. The molecule has 70 valence electrons. The molecule has 0 aliphatic rings. The van der Waals surface area contributed by atoms with E-state index in [1.807, 2.05) is 12.3 Å². The summed E-state index contributed by atoms with van der Waals surface area (Å²) in [6.45, 7) is 3.63. The zero-order valence-corrected chi connectivity index (χ0v) is 8.39. The molecule has 0 fully saturated rings. The van der Waals surface area contributed by atoms with E-state index in [0.29, 0.717) is 12.0 Å². The third-order valence-corrected chi connectivity index (χ3v) is 2.71. The van der Waals surface area contributed by atoms with Crippen LogP contribution in [0.1, 0.15) is 25.3 Å². The van der Waals surface area contributed by atoms with Gasteiger partial charge in [0, 0.05) is 17.2 Å². The number of nitrogens with zero attached hydrogens (tertiary/aromatic N) is 1. The topological polar surface area (TPSA) is 50.2 Å². The first-order chi connectivity index (χ1) is 6.16. The highest BCUT2D eigenvalue weighted by molar-refractivity contribution is 7.10. The molecule has 0 radical (unpaired) electrons. The number of hydrogen-bond acceptors (Lipinski definition) is 3. The zero-order chi connectivity index (χ0) is 9.84. The molecule has 0 spiro atoms. The highest BCUT2D eigenvalue weighted by Gasteiger charge is 2.11. The van der Waals surface area contributed by atoms with Crippen molar-refractivity contribution in [1.82, 2.24) is 4.98 Å². The molecule has 1 aromatic rings. The largest absolute Gasteiger partial charge is 0.478 e. The van der Waals surface area contributed by atoms with Gasteiger partial charge in [0.05, 0.1) is 0 Å². The fourth-order valence-corrected chi connectivity index (χ4v) is 1.79. The molecule has 0 atom stereocenters. The maximum Gasteiger partial charge on any atom is 0.331 e. The first-order valence-corrected chi connectivity index (χ1v) is 4.87. The molecule has 4 heteroatoms. The van der Waals surface area contributed by atoms with E-state index in [2.05, 4.69) is 4.98 Å². The van der Waals surface area contributed by atoms with Gasteiger partial charge in [-0.2, -0.15) is 0 Å². The molecule has 13 heavy (non-hydrogen) atoms. The van der Waals surface area contributed by atoms with Crippen molar-refractivity contribution in [2.24, 2.45) is 0 Å². The summed E-state index contributed by atoms with van der Waals surface area (Å²) >= 11 is 1.46. The van der Waals surface area contributed by atoms with E-state index >= 15 is 0 Å². The zero-order valence-electron chi connectivity index (χ0n) is 7.57. The van der Waals surface area contributed by atoms with E-state index in [4.69, 9.17) is 5.11 Å². The van der Waals surface area contributed by atoms with E-state index in [9.17, 15) is 4.79 Å². The van der Waals surface area contributed by atoms with Crippen LogP contribution in [0.3, 0.4) is 0 Å². The molecule has 0 saturated heterocycles. The van der Waals surface area contributed by atoms with Crippen molar-refractivity contribution in [3.05, 3.63) is 22.2 Å². The van der Waals surface area contributed by atoms with Gasteiger partial charge in [0.2, 0.25) is 0 Å². The Morgan fingerprint density at radius 3 is 2.77 bits per heavy atom. The van der Waals surface area contributed by atoms with Crippen LogP contribution in [0.5, 0.6) is 0 Å². The minimum atomic E-state index is -0.852. The molecule has 0 saturated carbocycles. The van der Waals surface area contributed by atoms with Crippen molar-refractivity contribution in [2.45, 2.75) is 20.3 Å². The van der Waals surface area contributed by atoms with Crippen LogP contribution >= 0.6 is 11.3 Å². The van der Waals surface area contributed by atoms with Crippen LogP contribution in [0.4, 0.5) is 0 Å². The number of aliphatic carboxylic acids is 1. The monoisotopic (exact) mass is 197 g/mol. The number of carboxylic acid groups (broad SMARTS) is 1. The third-order valence-electron chi connectivity index (χ3n) is 1.82. The molecular formula is C9H11NO2S. The summed E-state index contributed by atoms with van der Waals surface area (Å²) in [4.78, 5) is 14.9. The smallest absolute Gasteiger partial charge is 0.331 e. The molecule has 1 heterocycles. The molecule has 0 amide bonds. The molecule has 1 aromatic heterocycles. The minimum absolute atomic E-state index is 0.440. The summed E-state index contributed by atoms with van der Waals surface area (Å²) in [7, 11) is 0. The Labute approximate surface area is 80.7 Å². The van der Waals surface area contributed by atoms with Crippen molar-refractivity contribution in [2.75, 3.05) is 0 Å². The molecule has 1 N–H and O–H groups in total. The number of rotatable bonds is 3. The van der Waals surface area contributed by atoms with Crippen molar-refractivity contribution in [1.29, 1.82) is 0 Å². The summed E-state index contributed by atoms with van der Waals surface area (Å²) in [5.41, 5.74) is 1.21. The Hall–Kier alpha value is -1.16. The van der Waals surface area contributed by atoms with Gasteiger partial charge >= 0.3 is 5.97 Å². The van der Waals surface area contributed by atoms with E-state index in [1.165, 1.54) is 11.3 Å². The van der Waals surface area contributed by atoms with Gasteiger partial charge < -0.3 is 5.11 Å². The molecule has 0 aromatic carbocycles. The highest BCUT2D eigenvalue weighted by Crippen LogP contribution is 2.22. The van der Waals surface area contributed by atoms with Crippen molar-refractivity contribution >= 4 is 22.9 Å². The first kappa shape index (κ1) is 9.92. The Balaban J connectivity index is 3.09. The number of hydrogen-bond donors (Lipinski definition) is 1. The van der Waals surface area contributed by atoms with Gasteiger partial charge in [0.15, 0.2) is 0 Å². The fourth-order valence-electron chi connectivity index (χ4n) is 1.11. The standard InChI is InChI=1S/C9H11NO2S/c1-3-7(9(11)12)6(2)8-10-4-5-13-8/h4-5H,3H2,1-2H3,(H,11,12)/b7-6-. The van der Waals surface area contributed by atoms with Gasteiger partial charge in [0.25, 0.3) is 0 Å². The molecule has 1 rings (SSSR count). The van der Waals surface area contributed by atoms with Gasteiger partial charge in [0.1, 0.15) is 5.01 Å². The van der Waals surface area contributed by atoms with Crippen LogP contribution in [0.25, 0.3) is 5.57 Å². The number of thiazole rings is 1. The predicted octanol–water partition coefficient (Wildman–Crippen LogP) is 2.41.